The number of aromatic nitrogens is 3. The van der Waals surface area contributed by atoms with Crippen LogP contribution in [0, 0.1) is 19.8 Å². The van der Waals surface area contributed by atoms with Crippen molar-refractivity contribution in [3.05, 3.63) is 93.7 Å². The van der Waals surface area contributed by atoms with Gasteiger partial charge in [-0.25, -0.2) is 24.5 Å². The minimum absolute atomic E-state index is 0.0253. The van der Waals surface area contributed by atoms with Gasteiger partial charge >= 0.3 is 12.1 Å². The number of aryl methyl sites for hydroxylation is 2. The Kier molecular flexibility index (Phi) is 21.4. The van der Waals surface area contributed by atoms with Gasteiger partial charge in [0.2, 0.25) is 17.7 Å². The summed E-state index contributed by atoms with van der Waals surface area (Å²) in [5.41, 5.74) is 7.69. The number of nitrogens with one attached hydrogen (secondary N) is 7. The molecule has 2 aromatic carbocycles. The largest absolute Gasteiger partial charge is 0.445 e. The molecule has 23 nitrogen and oxygen atoms in total. The van der Waals surface area contributed by atoms with E-state index >= 15 is 0 Å². The fourth-order valence-electron chi connectivity index (χ4n) is 8.13. The molecular formula is C51H65ClN14O9S. The van der Waals surface area contributed by atoms with E-state index in [2.05, 4.69) is 62.0 Å². The second kappa shape index (κ2) is 28.3. The number of unbranched alkanes of at least 4 members (excludes halogenated alkanes) is 2. The van der Waals surface area contributed by atoms with Crippen LogP contribution in [0.5, 0.6) is 0 Å². The zero-order valence-electron chi connectivity index (χ0n) is 42.9. The number of carbonyl (C=O) groups is 8. The number of benzene rings is 2. The van der Waals surface area contributed by atoms with E-state index in [0.29, 0.717) is 95.5 Å². The van der Waals surface area contributed by atoms with E-state index in [4.69, 9.17) is 22.1 Å². The summed E-state index contributed by atoms with van der Waals surface area (Å²) < 4.78 is 5.45. The molecule has 4 aromatic rings. The number of imide groups is 1. The molecule has 406 valence electrons. The Balaban J connectivity index is 0.895. The Morgan fingerprint density at radius 3 is 2.26 bits per heavy atom. The quantitative estimate of drug-likeness (QED) is 0.0311. The lowest BCUT2D eigenvalue weighted by Gasteiger charge is -2.35. The van der Waals surface area contributed by atoms with E-state index < -0.39 is 36.0 Å². The van der Waals surface area contributed by atoms with Crippen LogP contribution in [0.4, 0.5) is 37.7 Å². The summed E-state index contributed by atoms with van der Waals surface area (Å²) in [5.74, 6) is -0.932. The van der Waals surface area contributed by atoms with Crippen molar-refractivity contribution in [2.45, 2.75) is 84.9 Å². The lowest BCUT2D eigenvalue weighted by atomic mass is 10.0. The van der Waals surface area contributed by atoms with Crippen LogP contribution in [0.3, 0.4) is 0 Å². The summed E-state index contributed by atoms with van der Waals surface area (Å²) in [6.07, 6.45) is 5.52. The molecule has 0 spiro atoms. The smallest absolute Gasteiger partial charge is 0.407 e. The number of anilines is 5. The number of primary amides is 1. The first-order chi connectivity index (χ1) is 36.4. The van der Waals surface area contributed by atoms with Crippen LogP contribution in [-0.2, 0) is 35.3 Å². The maximum atomic E-state index is 13.6. The Labute approximate surface area is 449 Å². The van der Waals surface area contributed by atoms with Crippen molar-refractivity contribution in [2.75, 3.05) is 73.2 Å². The van der Waals surface area contributed by atoms with Crippen molar-refractivity contribution in [1.29, 1.82) is 0 Å². The van der Waals surface area contributed by atoms with Crippen LogP contribution in [0.15, 0.2) is 66.9 Å². The first-order valence-corrected chi connectivity index (χ1v) is 26.2. The number of alkyl carbamates (subject to hydrolysis) is 1. The monoisotopic (exact) mass is 1080 g/mol. The van der Waals surface area contributed by atoms with Crippen molar-refractivity contribution in [3.63, 3.8) is 0 Å². The molecule has 25 heteroatoms. The van der Waals surface area contributed by atoms with Crippen molar-refractivity contribution >= 4 is 98.6 Å². The third-order valence-electron chi connectivity index (χ3n) is 12.3. The number of nitrogens with zero attached hydrogens (tertiary/aromatic N) is 6. The van der Waals surface area contributed by atoms with Gasteiger partial charge in [0, 0.05) is 82.7 Å². The topological polar surface area (TPSA) is 304 Å². The summed E-state index contributed by atoms with van der Waals surface area (Å²) in [6.45, 7) is 11.4. The van der Waals surface area contributed by atoms with Crippen molar-refractivity contribution < 1.29 is 43.1 Å². The summed E-state index contributed by atoms with van der Waals surface area (Å²) >= 11 is 7.49. The number of piperazine rings is 1. The maximum absolute atomic E-state index is 13.6. The van der Waals surface area contributed by atoms with E-state index in [9.17, 15) is 38.4 Å². The molecule has 0 radical (unpaired) electrons. The maximum Gasteiger partial charge on any atom is 0.407 e. The number of nitrogens with two attached hydrogens (primary N) is 1. The predicted molar refractivity (Wildman–Crippen MR) is 288 cm³/mol. The number of hydrogen-bond donors (Lipinski definition) is 8. The highest BCUT2D eigenvalue weighted by Gasteiger charge is 2.29. The van der Waals surface area contributed by atoms with Gasteiger partial charge in [0.25, 0.3) is 17.7 Å². The summed E-state index contributed by atoms with van der Waals surface area (Å²) in [4.78, 5) is 120. The fraction of sp³-hybridized carbons (Fsp3) is 0.431. The van der Waals surface area contributed by atoms with Crippen LogP contribution >= 0.6 is 22.9 Å². The van der Waals surface area contributed by atoms with Crippen LogP contribution in [0.2, 0.25) is 5.02 Å². The van der Waals surface area contributed by atoms with E-state index in [-0.39, 0.29) is 62.1 Å². The Hall–Kier alpha value is -7.70. The number of urea groups is 1. The number of ether oxygens (including phenoxy) is 1. The molecule has 4 heterocycles. The second-order valence-corrected chi connectivity index (χ2v) is 19.9. The molecule has 2 atom stereocenters. The Bertz CT molecular complexity index is 2710. The van der Waals surface area contributed by atoms with Gasteiger partial charge in [-0.1, -0.05) is 67.5 Å². The highest BCUT2D eigenvalue weighted by atomic mass is 35.5. The van der Waals surface area contributed by atoms with Gasteiger partial charge in [0.05, 0.1) is 16.9 Å². The number of carbonyl (C=O) groups excluding carboxylic acids is 8. The van der Waals surface area contributed by atoms with Crippen molar-refractivity contribution in [3.8, 4) is 0 Å². The van der Waals surface area contributed by atoms with Crippen molar-refractivity contribution in [1.82, 2.24) is 46.0 Å². The molecule has 0 unspecified atom stereocenters. The molecule has 0 saturated carbocycles. The molecule has 2 aliphatic heterocycles. The standard InChI is InChI=1S/C51H65ClN14O9S/c1-31(2)44(62-41(67)13-6-5-7-22-66-42(68)18-19-43(66)69)48(72)60-37(12-9-20-54-49(53)73)46(70)59-35-16-14-34(15-17-35)30-75-51(74)55-21-23-64-24-26-65(27-25-64)40-28-39(57-33(4)58-40)61-50-56-29-38(76-50)47(71)63-45-32(3)10-8-11-36(45)52/h8,10-11,14-19,28-29,31,37,44H,5-7,9,12-13,20-27,30H2,1-4H3,(H,55,74)(H,59,70)(H,60,72)(H,62,67)(H,63,71)(H3,53,54,73)(H,56,57,58,61)/t37-,44-/m0/s1. The lowest BCUT2D eigenvalue weighted by molar-refractivity contribution is -0.137. The van der Waals surface area contributed by atoms with Crippen LogP contribution in [-0.4, -0.2) is 137 Å². The molecule has 1 saturated heterocycles. The minimum atomic E-state index is -1.04. The second-order valence-electron chi connectivity index (χ2n) is 18.5. The summed E-state index contributed by atoms with van der Waals surface area (Å²) in [6, 6.07) is 11.2. The average Bonchev–Trinajstić information content (AvgIpc) is 3.99. The van der Waals surface area contributed by atoms with Gasteiger partial charge in [-0.2, -0.15) is 0 Å². The number of para-hydroxylation sites is 1. The summed E-state index contributed by atoms with van der Waals surface area (Å²) in [5, 5.41) is 20.6. The molecule has 2 aromatic heterocycles. The van der Waals surface area contributed by atoms with Crippen LogP contribution in [0.25, 0.3) is 0 Å². The minimum Gasteiger partial charge on any atom is -0.445 e. The number of hydrogen-bond acceptors (Lipinski definition) is 16. The van der Waals surface area contributed by atoms with Gasteiger partial charge in [-0.05, 0) is 74.8 Å². The van der Waals surface area contributed by atoms with Crippen LogP contribution < -0.4 is 47.9 Å². The van der Waals surface area contributed by atoms with E-state index in [0.717, 1.165) is 29.4 Å². The number of amides is 9. The predicted octanol–water partition coefficient (Wildman–Crippen LogP) is 4.75. The zero-order chi connectivity index (χ0) is 54.7. The first-order valence-electron chi connectivity index (χ1n) is 25.0. The number of halogens is 1. The molecule has 9 amide bonds. The highest BCUT2D eigenvalue weighted by Crippen LogP contribution is 2.29. The molecule has 76 heavy (non-hydrogen) atoms. The SMILES string of the molecule is Cc1nc(Nc2ncc(C(=O)Nc3c(C)cccc3Cl)s2)cc(N2CCN(CCNC(=O)OCc3ccc(NC(=O)[C@H](CCCNC(N)=O)NC(=O)[C@@H](NC(=O)CCCCCN4C(=O)C=CC4=O)C(C)C)cc3)CC2)n1. The first kappa shape index (κ1) is 57.6. The highest BCUT2D eigenvalue weighted by molar-refractivity contribution is 7.17. The molecule has 0 aliphatic carbocycles. The van der Waals surface area contributed by atoms with E-state index in [1.54, 1.807) is 44.2 Å². The molecular weight excluding hydrogens is 1020 g/mol. The van der Waals surface area contributed by atoms with Gasteiger partial charge in [-0.15, -0.1) is 0 Å². The number of thiazole rings is 1. The molecule has 9 N–H and O–H groups in total. The third kappa shape index (κ3) is 17.7. The zero-order valence-corrected chi connectivity index (χ0v) is 44.5. The Morgan fingerprint density at radius 2 is 1.57 bits per heavy atom. The van der Waals surface area contributed by atoms with Gasteiger partial charge in [-0.3, -0.25) is 38.6 Å². The van der Waals surface area contributed by atoms with E-state index in [1.807, 2.05) is 32.0 Å². The summed E-state index contributed by atoms with van der Waals surface area (Å²) in [7, 11) is 0. The normalized spacial score (nSPS) is 14.2. The average molecular weight is 1090 g/mol. The molecule has 6 rings (SSSR count). The fourth-order valence-corrected chi connectivity index (χ4v) is 9.12. The van der Waals surface area contributed by atoms with Gasteiger partial charge in [0.15, 0.2) is 5.13 Å². The van der Waals surface area contributed by atoms with Gasteiger partial charge in [0.1, 0.15) is 41.0 Å². The van der Waals surface area contributed by atoms with E-state index in [1.165, 1.54) is 29.7 Å². The lowest BCUT2D eigenvalue weighted by Crippen LogP contribution is -2.54. The number of rotatable bonds is 26. The van der Waals surface area contributed by atoms with Crippen LogP contribution in [0.1, 0.15) is 79.0 Å². The van der Waals surface area contributed by atoms with Crippen molar-refractivity contribution in [2.24, 2.45) is 11.7 Å². The third-order valence-corrected chi connectivity index (χ3v) is 13.5. The van der Waals surface area contributed by atoms with Gasteiger partial charge < -0.3 is 52.6 Å². The molecule has 2 aliphatic rings. The molecule has 0 bridgehead atoms. The Morgan fingerprint density at radius 1 is 0.829 bits per heavy atom. The molecule has 1 fully saturated rings.